The van der Waals surface area contributed by atoms with Gasteiger partial charge >= 0.3 is 0 Å². The number of hydrogen-bond acceptors (Lipinski definition) is 5. The highest BCUT2D eigenvalue weighted by Gasteiger charge is 2.10. The van der Waals surface area contributed by atoms with Crippen molar-refractivity contribution in [2.45, 2.75) is 25.5 Å². The molecule has 1 aromatic heterocycles. The lowest BCUT2D eigenvalue weighted by atomic mass is 10.1. The van der Waals surface area contributed by atoms with Gasteiger partial charge in [-0.1, -0.05) is 65.3 Å². The molecule has 27 heavy (non-hydrogen) atoms. The second-order valence-electron chi connectivity index (χ2n) is 6.27. The van der Waals surface area contributed by atoms with Crippen molar-refractivity contribution in [1.82, 2.24) is 15.5 Å². The minimum absolute atomic E-state index is 0.00500. The van der Waals surface area contributed by atoms with Crippen LogP contribution < -0.4 is 5.32 Å². The zero-order valence-corrected chi connectivity index (χ0v) is 16.2. The van der Waals surface area contributed by atoms with Gasteiger partial charge in [-0.15, -0.1) is 0 Å². The third kappa shape index (κ3) is 6.25. The third-order valence-electron chi connectivity index (χ3n) is 4.02. The summed E-state index contributed by atoms with van der Waals surface area (Å²) in [5.41, 5.74) is 3.39. The predicted octanol–water partition coefficient (Wildman–Crippen LogP) is 4.03. The van der Waals surface area contributed by atoms with Crippen LogP contribution >= 0.6 is 11.8 Å². The van der Waals surface area contributed by atoms with E-state index in [4.69, 9.17) is 4.52 Å². The van der Waals surface area contributed by atoms with Crippen LogP contribution in [0.1, 0.15) is 23.4 Å². The van der Waals surface area contributed by atoms with Crippen molar-refractivity contribution in [2.75, 3.05) is 12.3 Å². The van der Waals surface area contributed by atoms with Gasteiger partial charge < -0.3 is 9.84 Å². The maximum Gasteiger partial charge on any atom is 0.227 e. The van der Waals surface area contributed by atoms with Crippen LogP contribution in [0.15, 0.2) is 59.1 Å². The summed E-state index contributed by atoms with van der Waals surface area (Å²) in [6.07, 6.45) is 0.792. The van der Waals surface area contributed by atoms with Crippen molar-refractivity contribution in [3.63, 3.8) is 0 Å². The number of nitrogens with one attached hydrogen (secondary N) is 1. The first-order valence-corrected chi connectivity index (χ1v) is 10.1. The number of rotatable bonds is 9. The Labute approximate surface area is 163 Å². The van der Waals surface area contributed by atoms with Crippen LogP contribution in [0.5, 0.6) is 0 Å². The molecule has 3 rings (SSSR count). The van der Waals surface area contributed by atoms with Crippen molar-refractivity contribution >= 4 is 17.7 Å². The van der Waals surface area contributed by atoms with E-state index in [1.54, 1.807) is 0 Å². The Morgan fingerprint density at radius 2 is 1.89 bits per heavy atom. The van der Waals surface area contributed by atoms with Crippen molar-refractivity contribution in [2.24, 2.45) is 0 Å². The van der Waals surface area contributed by atoms with E-state index in [9.17, 15) is 4.79 Å². The summed E-state index contributed by atoms with van der Waals surface area (Å²) in [6.45, 7) is 2.69. The molecule has 3 aromatic rings. The quantitative estimate of drug-likeness (QED) is 0.567. The van der Waals surface area contributed by atoms with Gasteiger partial charge in [-0.2, -0.15) is 16.7 Å². The van der Waals surface area contributed by atoms with Crippen LogP contribution in [0.25, 0.3) is 11.4 Å². The zero-order valence-electron chi connectivity index (χ0n) is 15.4. The number of benzene rings is 2. The van der Waals surface area contributed by atoms with Gasteiger partial charge in [0.25, 0.3) is 0 Å². The molecule has 6 heteroatoms. The lowest BCUT2D eigenvalue weighted by molar-refractivity contribution is -0.121. The fraction of sp³-hybridized carbons (Fsp3) is 0.286. The summed E-state index contributed by atoms with van der Waals surface area (Å²) >= 11 is 1.81. The van der Waals surface area contributed by atoms with E-state index in [-0.39, 0.29) is 5.91 Å². The smallest absolute Gasteiger partial charge is 0.227 e. The van der Waals surface area contributed by atoms with Gasteiger partial charge in [-0.05, 0) is 12.5 Å². The van der Waals surface area contributed by atoms with Crippen LogP contribution in [-0.2, 0) is 17.0 Å². The molecule has 0 saturated heterocycles. The normalized spacial score (nSPS) is 10.7. The molecule has 0 saturated carbocycles. The van der Waals surface area contributed by atoms with Crippen LogP contribution in [0.4, 0.5) is 0 Å². The fourth-order valence-corrected chi connectivity index (χ4v) is 3.33. The zero-order chi connectivity index (χ0) is 18.9. The number of carbonyl (C=O) groups is 1. The average Bonchev–Trinajstić information content (AvgIpc) is 3.16. The maximum absolute atomic E-state index is 12.0. The first kappa shape index (κ1) is 19.2. The molecule has 0 unspecified atom stereocenters. The second-order valence-corrected chi connectivity index (χ2v) is 7.37. The molecule has 5 nitrogen and oxygen atoms in total. The van der Waals surface area contributed by atoms with Crippen LogP contribution in [0.3, 0.4) is 0 Å². The third-order valence-corrected chi connectivity index (χ3v) is 5.05. The maximum atomic E-state index is 12.0. The molecule has 0 fully saturated rings. The number of aromatic nitrogens is 2. The predicted molar refractivity (Wildman–Crippen MR) is 108 cm³/mol. The van der Waals surface area contributed by atoms with E-state index >= 15 is 0 Å². The number of aryl methyl sites for hydroxylation is 2. The van der Waals surface area contributed by atoms with E-state index in [1.807, 2.05) is 61.2 Å². The van der Waals surface area contributed by atoms with Gasteiger partial charge in [0.05, 0.1) is 0 Å². The lowest BCUT2D eigenvalue weighted by Crippen LogP contribution is -2.25. The topological polar surface area (TPSA) is 68.0 Å². The van der Waals surface area contributed by atoms with Crippen molar-refractivity contribution in [1.29, 1.82) is 0 Å². The Balaban J connectivity index is 1.34. The van der Waals surface area contributed by atoms with E-state index in [0.717, 1.165) is 17.1 Å². The van der Waals surface area contributed by atoms with E-state index in [0.29, 0.717) is 31.1 Å². The minimum Gasteiger partial charge on any atom is -0.355 e. The van der Waals surface area contributed by atoms with Crippen LogP contribution in [0, 0.1) is 6.92 Å². The monoisotopic (exact) mass is 381 g/mol. The SMILES string of the molecule is Cc1ccc(-c2noc(CCC(=O)NCCSCc3ccccc3)n2)cc1. The summed E-state index contributed by atoms with van der Waals surface area (Å²) in [4.78, 5) is 16.3. The van der Waals surface area contributed by atoms with Crippen LogP contribution in [0.2, 0.25) is 0 Å². The molecule has 0 aliphatic carbocycles. The average molecular weight is 382 g/mol. The summed E-state index contributed by atoms with van der Waals surface area (Å²) in [7, 11) is 0. The van der Waals surface area contributed by atoms with Gasteiger partial charge in [0.15, 0.2) is 0 Å². The standard InChI is InChI=1S/C21H23N3O2S/c1-16-7-9-18(10-8-16)21-23-20(26-24-21)12-11-19(25)22-13-14-27-15-17-5-3-2-4-6-17/h2-10H,11-15H2,1H3,(H,22,25). The van der Waals surface area contributed by atoms with E-state index in [2.05, 4.69) is 27.6 Å². The van der Waals surface area contributed by atoms with Crippen molar-refractivity contribution in [3.8, 4) is 11.4 Å². The first-order valence-electron chi connectivity index (χ1n) is 8.99. The number of nitrogens with zero attached hydrogens (tertiary/aromatic N) is 2. The summed E-state index contributed by atoms with van der Waals surface area (Å²) in [5, 5.41) is 6.92. The van der Waals surface area contributed by atoms with E-state index < -0.39 is 0 Å². The Morgan fingerprint density at radius 3 is 2.67 bits per heavy atom. The number of carbonyl (C=O) groups excluding carboxylic acids is 1. The molecule has 0 atom stereocenters. The second kappa shape index (κ2) is 9.92. The highest BCUT2D eigenvalue weighted by Crippen LogP contribution is 2.16. The van der Waals surface area contributed by atoms with Gasteiger partial charge in [0.1, 0.15) is 0 Å². The molecule has 0 spiro atoms. The highest BCUT2D eigenvalue weighted by atomic mass is 32.2. The molecule has 1 amide bonds. The molecular weight excluding hydrogens is 358 g/mol. The van der Waals surface area contributed by atoms with Crippen LogP contribution in [-0.4, -0.2) is 28.3 Å². The number of amides is 1. The first-order chi connectivity index (χ1) is 13.2. The number of hydrogen-bond donors (Lipinski definition) is 1. The molecule has 1 N–H and O–H groups in total. The summed E-state index contributed by atoms with van der Waals surface area (Å²) < 4.78 is 5.25. The largest absolute Gasteiger partial charge is 0.355 e. The Hall–Kier alpha value is -2.60. The number of thioether (sulfide) groups is 1. The molecule has 0 radical (unpaired) electrons. The molecule has 0 aliphatic heterocycles. The van der Waals surface area contributed by atoms with Crippen molar-refractivity contribution in [3.05, 3.63) is 71.6 Å². The fourth-order valence-electron chi connectivity index (χ4n) is 2.51. The molecular formula is C21H23N3O2S. The van der Waals surface area contributed by atoms with Gasteiger partial charge in [-0.3, -0.25) is 4.79 Å². The summed E-state index contributed by atoms with van der Waals surface area (Å²) in [6, 6.07) is 18.3. The van der Waals surface area contributed by atoms with Gasteiger partial charge in [0, 0.05) is 36.5 Å². The van der Waals surface area contributed by atoms with Gasteiger partial charge in [-0.25, -0.2) is 0 Å². The van der Waals surface area contributed by atoms with E-state index in [1.165, 1.54) is 11.1 Å². The summed E-state index contributed by atoms with van der Waals surface area (Å²) in [5.74, 6) is 2.89. The van der Waals surface area contributed by atoms with Gasteiger partial charge in [0.2, 0.25) is 17.6 Å². The molecule has 2 aromatic carbocycles. The van der Waals surface area contributed by atoms with Crippen molar-refractivity contribution < 1.29 is 9.32 Å². The molecule has 1 heterocycles. The molecule has 140 valence electrons. The Morgan fingerprint density at radius 1 is 1.11 bits per heavy atom. The highest BCUT2D eigenvalue weighted by molar-refractivity contribution is 7.98. The molecule has 0 bridgehead atoms. The molecule has 0 aliphatic rings. The minimum atomic E-state index is 0.00500. The lowest BCUT2D eigenvalue weighted by Gasteiger charge is -2.04. The Bertz CT molecular complexity index is 847. The Kier molecular flexibility index (Phi) is 7.04.